The SMILES string of the molecule is COc1ccc([C@H]2CN(C(=O)C3CCCC3)[C@@H]3CCN(Cc4ccccc4OC)C[C@H]23)cc1. The summed E-state index contributed by atoms with van der Waals surface area (Å²) >= 11 is 0. The van der Waals surface area contributed by atoms with Gasteiger partial charge in [0, 0.05) is 55.5 Å². The number of para-hydroxylation sites is 1. The van der Waals surface area contributed by atoms with Gasteiger partial charge < -0.3 is 14.4 Å². The lowest BCUT2D eigenvalue weighted by Gasteiger charge is -2.39. The molecule has 0 spiro atoms. The zero-order valence-corrected chi connectivity index (χ0v) is 19.9. The van der Waals surface area contributed by atoms with E-state index in [9.17, 15) is 4.79 Å². The first kappa shape index (κ1) is 22.3. The van der Waals surface area contributed by atoms with Crippen molar-refractivity contribution >= 4 is 5.91 Å². The highest BCUT2D eigenvalue weighted by Gasteiger charge is 2.48. The molecule has 0 unspecified atom stereocenters. The van der Waals surface area contributed by atoms with E-state index in [4.69, 9.17) is 9.47 Å². The molecule has 0 radical (unpaired) electrons. The van der Waals surface area contributed by atoms with Crippen LogP contribution in [-0.4, -0.2) is 55.6 Å². The molecule has 2 saturated heterocycles. The average molecular weight is 449 g/mol. The van der Waals surface area contributed by atoms with E-state index in [0.717, 1.165) is 56.9 Å². The van der Waals surface area contributed by atoms with E-state index in [-0.39, 0.29) is 5.92 Å². The van der Waals surface area contributed by atoms with Crippen LogP contribution in [0.15, 0.2) is 48.5 Å². The summed E-state index contributed by atoms with van der Waals surface area (Å²) in [5, 5.41) is 0. The Morgan fingerprint density at radius 1 is 0.939 bits per heavy atom. The van der Waals surface area contributed by atoms with Crippen molar-refractivity contribution < 1.29 is 14.3 Å². The highest BCUT2D eigenvalue weighted by atomic mass is 16.5. The second-order valence-corrected chi connectivity index (χ2v) is 9.92. The summed E-state index contributed by atoms with van der Waals surface area (Å²) < 4.78 is 11.0. The number of piperidine rings is 1. The number of carbonyl (C=O) groups excluding carboxylic acids is 1. The maximum Gasteiger partial charge on any atom is 0.225 e. The lowest BCUT2D eigenvalue weighted by Crippen LogP contribution is -2.48. The molecule has 2 aromatic carbocycles. The number of hydrogen-bond acceptors (Lipinski definition) is 4. The van der Waals surface area contributed by atoms with Gasteiger partial charge in [0.2, 0.25) is 5.91 Å². The Morgan fingerprint density at radius 3 is 2.42 bits per heavy atom. The molecule has 0 N–H and O–H groups in total. The quantitative estimate of drug-likeness (QED) is 0.642. The minimum atomic E-state index is 0.242. The van der Waals surface area contributed by atoms with Gasteiger partial charge in [0.25, 0.3) is 0 Å². The molecular weight excluding hydrogens is 412 g/mol. The molecule has 2 aliphatic heterocycles. The first-order valence-electron chi connectivity index (χ1n) is 12.5. The van der Waals surface area contributed by atoms with E-state index in [1.165, 1.54) is 24.0 Å². The van der Waals surface area contributed by atoms with Crippen molar-refractivity contribution in [3.63, 3.8) is 0 Å². The fraction of sp³-hybridized carbons (Fsp3) is 0.536. The van der Waals surface area contributed by atoms with Gasteiger partial charge in [0.15, 0.2) is 0 Å². The smallest absolute Gasteiger partial charge is 0.225 e. The number of fused-ring (bicyclic) bond motifs is 1. The predicted molar refractivity (Wildman–Crippen MR) is 130 cm³/mol. The number of methoxy groups -OCH3 is 2. The summed E-state index contributed by atoms with van der Waals surface area (Å²) in [6.07, 6.45) is 5.59. The largest absolute Gasteiger partial charge is 0.497 e. The van der Waals surface area contributed by atoms with E-state index in [0.29, 0.717) is 23.8 Å². The van der Waals surface area contributed by atoms with Gasteiger partial charge in [-0.2, -0.15) is 0 Å². The topological polar surface area (TPSA) is 42.0 Å². The summed E-state index contributed by atoms with van der Waals surface area (Å²) in [6.45, 7) is 3.76. The van der Waals surface area contributed by atoms with E-state index in [2.05, 4.69) is 46.2 Å². The summed E-state index contributed by atoms with van der Waals surface area (Å²) in [5.74, 6) is 3.31. The summed E-state index contributed by atoms with van der Waals surface area (Å²) in [6, 6.07) is 17.2. The lowest BCUT2D eigenvalue weighted by atomic mass is 9.81. The molecule has 2 aromatic rings. The fourth-order valence-electron chi connectivity index (χ4n) is 6.39. The Hall–Kier alpha value is -2.53. The molecule has 0 aromatic heterocycles. The Kier molecular flexibility index (Phi) is 6.59. The second kappa shape index (κ2) is 9.76. The van der Waals surface area contributed by atoms with Crippen molar-refractivity contribution in [3.8, 4) is 11.5 Å². The third kappa shape index (κ3) is 4.48. The van der Waals surface area contributed by atoms with Crippen molar-refractivity contribution in [3.05, 3.63) is 59.7 Å². The van der Waals surface area contributed by atoms with Gasteiger partial charge in [-0.1, -0.05) is 43.2 Å². The van der Waals surface area contributed by atoms with Crippen molar-refractivity contribution in [1.82, 2.24) is 9.80 Å². The Morgan fingerprint density at radius 2 is 1.70 bits per heavy atom. The molecule has 5 heteroatoms. The molecular formula is C28H36N2O3. The van der Waals surface area contributed by atoms with Crippen molar-refractivity contribution in [2.24, 2.45) is 11.8 Å². The van der Waals surface area contributed by atoms with Gasteiger partial charge in [-0.25, -0.2) is 0 Å². The molecule has 0 bridgehead atoms. The number of benzene rings is 2. The maximum atomic E-state index is 13.5. The van der Waals surface area contributed by atoms with Crippen LogP contribution in [-0.2, 0) is 11.3 Å². The zero-order valence-electron chi connectivity index (χ0n) is 19.9. The van der Waals surface area contributed by atoms with Gasteiger partial charge in [0.05, 0.1) is 14.2 Å². The Bertz CT molecular complexity index is 954. The van der Waals surface area contributed by atoms with Crippen LogP contribution in [0.3, 0.4) is 0 Å². The number of amides is 1. The van der Waals surface area contributed by atoms with Crippen molar-refractivity contribution in [2.75, 3.05) is 33.9 Å². The monoisotopic (exact) mass is 448 g/mol. The number of hydrogen-bond donors (Lipinski definition) is 0. The summed E-state index contributed by atoms with van der Waals surface area (Å²) in [4.78, 5) is 18.3. The zero-order chi connectivity index (χ0) is 22.8. The second-order valence-electron chi connectivity index (χ2n) is 9.92. The number of likely N-dealkylation sites (tertiary alicyclic amines) is 2. The van der Waals surface area contributed by atoms with Gasteiger partial charge in [0.1, 0.15) is 11.5 Å². The van der Waals surface area contributed by atoms with Crippen LogP contribution in [0.1, 0.15) is 49.1 Å². The maximum absolute atomic E-state index is 13.5. The summed E-state index contributed by atoms with van der Waals surface area (Å²) in [7, 11) is 3.45. The number of ether oxygens (including phenoxy) is 2. The van der Waals surface area contributed by atoms with Crippen LogP contribution in [0.25, 0.3) is 0 Å². The third-order valence-electron chi connectivity index (χ3n) is 8.13. The van der Waals surface area contributed by atoms with Gasteiger partial charge in [-0.3, -0.25) is 9.69 Å². The van der Waals surface area contributed by atoms with Gasteiger partial charge >= 0.3 is 0 Å². The normalized spacial score (nSPS) is 25.8. The molecule has 33 heavy (non-hydrogen) atoms. The minimum Gasteiger partial charge on any atom is -0.497 e. The fourth-order valence-corrected chi connectivity index (χ4v) is 6.39. The van der Waals surface area contributed by atoms with Gasteiger partial charge in [-0.05, 0) is 43.0 Å². The predicted octanol–water partition coefficient (Wildman–Crippen LogP) is 4.71. The van der Waals surface area contributed by atoms with E-state index < -0.39 is 0 Å². The van der Waals surface area contributed by atoms with Crippen LogP contribution in [0.2, 0.25) is 0 Å². The Labute approximate surface area is 197 Å². The molecule has 5 rings (SSSR count). The third-order valence-corrected chi connectivity index (χ3v) is 8.13. The molecule has 176 valence electrons. The molecule has 1 aliphatic carbocycles. The van der Waals surface area contributed by atoms with E-state index in [1.807, 2.05) is 12.1 Å². The Balaban J connectivity index is 1.38. The highest BCUT2D eigenvalue weighted by Crippen LogP contribution is 2.44. The summed E-state index contributed by atoms with van der Waals surface area (Å²) in [5.41, 5.74) is 2.56. The van der Waals surface area contributed by atoms with Crippen LogP contribution in [0, 0.1) is 11.8 Å². The van der Waals surface area contributed by atoms with Crippen molar-refractivity contribution in [1.29, 1.82) is 0 Å². The minimum absolute atomic E-state index is 0.242. The molecule has 3 aliphatic rings. The first-order chi connectivity index (χ1) is 16.2. The van der Waals surface area contributed by atoms with E-state index in [1.54, 1.807) is 14.2 Å². The lowest BCUT2D eigenvalue weighted by molar-refractivity contribution is -0.137. The number of carbonyl (C=O) groups is 1. The molecule has 1 saturated carbocycles. The molecule has 5 nitrogen and oxygen atoms in total. The molecule has 3 atom stereocenters. The first-order valence-corrected chi connectivity index (χ1v) is 12.5. The number of rotatable bonds is 6. The van der Waals surface area contributed by atoms with Crippen LogP contribution >= 0.6 is 0 Å². The number of nitrogens with zero attached hydrogens (tertiary/aromatic N) is 2. The van der Waals surface area contributed by atoms with Crippen molar-refractivity contribution in [2.45, 2.75) is 50.6 Å². The standard InChI is InChI=1S/C28H36N2O3/c1-32-23-13-11-20(12-14-23)24-19-30(28(31)21-7-3-4-8-21)26-15-16-29(18-25(24)26)17-22-9-5-6-10-27(22)33-2/h5-6,9-14,21,24-26H,3-4,7-8,15-19H2,1-2H3/t24-,25-,26-/m1/s1. The molecule has 3 fully saturated rings. The highest BCUT2D eigenvalue weighted by molar-refractivity contribution is 5.80. The molecule has 2 heterocycles. The van der Waals surface area contributed by atoms with Crippen LogP contribution in [0.5, 0.6) is 11.5 Å². The van der Waals surface area contributed by atoms with Crippen LogP contribution in [0.4, 0.5) is 0 Å². The van der Waals surface area contributed by atoms with E-state index >= 15 is 0 Å². The average Bonchev–Trinajstić information content (AvgIpc) is 3.53. The molecule has 1 amide bonds. The van der Waals surface area contributed by atoms with Crippen LogP contribution < -0.4 is 9.47 Å². The van der Waals surface area contributed by atoms with Gasteiger partial charge in [-0.15, -0.1) is 0 Å².